The highest BCUT2D eigenvalue weighted by molar-refractivity contribution is 6.04. The van der Waals surface area contributed by atoms with Crippen molar-refractivity contribution >= 4 is 12.0 Å². The molecule has 0 aromatic carbocycles. The predicted molar refractivity (Wildman–Crippen MR) is 65.5 cm³/mol. The minimum atomic E-state index is -0.594. The Bertz CT molecular complexity index is 352. The smallest absolute Gasteiger partial charge is 0.417 e. The molecule has 1 aliphatic rings. The van der Waals surface area contributed by atoms with Crippen LogP contribution >= 0.6 is 0 Å². The molecule has 1 rings (SSSR count). The van der Waals surface area contributed by atoms with Crippen molar-refractivity contribution in [3.8, 4) is 0 Å². The van der Waals surface area contributed by atoms with E-state index in [2.05, 4.69) is 6.58 Å². The van der Waals surface area contributed by atoms with Gasteiger partial charge in [0.05, 0.1) is 0 Å². The second kappa shape index (κ2) is 4.51. The lowest BCUT2D eigenvalue weighted by Crippen LogP contribution is -2.44. The average molecular weight is 239 g/mol. The number of carbonyl (C=O) groups excluding carboxylic acids is 2. The molecule has 1 aliphatic heterocycles. The summed E-state index contributed by atoms with van der Waals surface area (Å²) in [5.41, 5.74) is -0.113. The molecule has 1 fully saturated rings. The van der Waals surface area contributed by atoms with Crippen molar-refractivity contribution in [2.45, 2.75) is 52.7 Å². The number of hydrogen-bond donors (Lipinski definition) is 0. The topological polar surface area (TPSA) is 46.6 Å². The fraction of sp³-hybridized carbons (Fsp3) is 0.692. The Morgan fingerprint density at radius 1 is 1.47 bits per heavy atom. The van der Waals surface area contributed by atoms with Crippen LogP contribution in [0.15, 0.2) is 12.2 Å². The van der Waals surface area contributed by atoms with Crippen molar-refractivity contribution in [2.75, 3.05) is 0 Å². The maximum absolute atomic E-state index is 12.0. The Morgan fingerprint density at radius 3 is 2.41 bits per heavy atom. The van der Waals surface area contributed by atoms with E-state index < -0.39 is 11.7 Å². The van der Waals surface area contributed by atoms with Crippen molar-refractivity contribution in [1.29, 1.82) is 0 Å². The van der Waals surface area contributed by atoms with E-state index in [-0.39, 0.29) is 17.9 Å². The molecule has 4 nitrogen and oxygen atoms in total. The Balaban J connectivity index is 2.89. The molecule has 0 radical (unpaired) electrons. The van der Waals surface area contributed by atoms with Crippen molar-refractivity contribution in [3.63, 3.8) is 0 Å². The number of amides is 2. The lowest BCUT2D eigenvalue weighted by atomic mass is 10.0. The van der Waals surface area contributed by atoms with E-state index in [1.165, 1.54) is 4.90 Å². The molecule has 1 heterocycles. The minimum Gasteiger partial charge on any atom is -0.443 e. The number of carbonyl (C=O) groups is 2. The van der Waals surface area contributed by atoms with Gasteiger partial charge in [-0.15, -0.1) is 0 Å². The third kappa shape index (κ3) is 3.08. The maximum atomic E-state index is 12.0. The first kappa shape index (κ1) is 13.7. The number of imide groups is 1. The van der Waals surface area contributed by atoms with Crippen molar-refractivity contribution < 1.29 is 14.3 Å². The van der Waals surface area contributed by atoms with Crippen molar-refractivity contribution in [2.24, 2.45) is 5.92 Å². The first-order valence-corrected chi connectivity index (χ1v) is 5.88. The summed E-state index contributed by atoms with van der Waals surface area (Å²) in [5, 5.41) is 0. The largest absolute Gasteiger partial charge is 0.443 e. The molecule has 0 spiro atoms. The number of hydrogen-bond acceptors (Lipinski definition) is 3. The summed E-state index contributed by atoms with van der Waals surface area (Å²) in [6, 6.07) is -0.134. The number of likely N-dealkylation sites (tertiary alicyclic amines) is 1. The monoisotopic (exact) mass is 239 g/mol. The Labute approximate surface area is 103 Å². The van der Waals surface area contributed by atoms with Gasteiger partial charge >= 0.3 is 6.09 Å². The lowest BCUT2D eigenvalue weighted by Gasteiger charge is -2.28. The predicted octanol–water partition coefficient (Wildman–Crippen LogP) is 2.73. The average Bonchev–Trinajstić information content (AvgIpc) is 2.40. The maximum Gasteiger partial charge on any atom is 0.417 e. The van der Waals surface area contributed by atoms with Gasteiger partial charge in [0.15, 0.2) is 0 Å². The summed E-state index contributed by atoms with van der Waals surface area (Å²) in [6.45, 7) is 13.0. The molecular formula is C13H21NO3. The second-order valence-corrected chi connectivity index (χ2v) is 5.77. The molecule has 0 bridgehead atoms. The third-order valence-electron chi connectivity index (χ3n) is 2.67. The van der Waals surface area contributed by atoms with Gasteiger partial charge in [-0.2, -0.15) is 0 Å². The molecule has 1 unspecified atom stereocenters. The first-order valence-electron chi connectivity index (χ1n) is 5.88. The zero-order valence-corrected chi connectivity index (χ0v) is 11.2. The highest BCUT2D eigenvalue weighted by Gasteiger charge is 2.41. The molecule has 1 atom stereocenters. The molecular weight excluding hydrogens is 218 g/mol. The molecule has 0 N–H and O–H groups in total. The molecule has 2 amide bonds. The summed E-state index contributed by atoms with van der Waals surface area (Å²) in [5.74, 6) is -0.108. The molecule has 17 heavy (non-hydrogen) atoms. The van der Waals surface area contributed by atoms with Crippen LogP contribution in [0.2, 0.25) is 0 Å². The van der Waals surface area contributed by atoms with E-state index in [0.717, 1.165) is 0 Å². The van der Waals surface area contributed by atoms with Crippen LogP contribution in [-0.4, -0.2) is 28.5 Å². The molecule has 96 valence electrons. The first-order chi connectivity index (χ1) is 7.63. The highest BCUT2D eigenvalue weighted by Crippen LogP contribution is 2.29. The van der Waals surface area contributed by atoms with Gasteiger partial charge in [-0.3, -0.25) is 4.79 Å². The van der Waals surface area contributed by atoms with Crippen LogP contribution in [0.25, 0.3) is 0 Å². The molecule has 0 aliphatic carbocycles. The van der Waals surface area contributed by atoms with Gasteiger partial charge in [0, 0.05) is 11.6 Å². The van der Waals surface area contributed by atoms with Gasteiger partial charge in [0.2, 0.25) is 0 Å². The van der Waals surface area contributed by atoms with Crippen LogP contribution in [-0.2, 0) is 9.53 Å². The van der Waals surface area contributed by atoms with Gasteiger partial charge in [-0.05, 0) is 33.1 Å². The van der Waals surface area contributed by atoms with E-state index in [4.69, 9.17) is 4.74 Å². The minimum absolute atomic E-state index is 0.134. The zero-order chi connectivity index (χ0) is 13.4. The number of ether oxygens (including phenoxy) is 1. The van der Waals surface area contributed by atoms with Gasteiger partial charge in [0.25, 0.3) is 5.91 Å². The fourth-order valence-electron chi connectivity index (χ4n) is 1.82. The molecule has 4 heteroatoms. The summed E-state index contributed by atoms with van der Waals surface area (Å²) in [7, 11) is 0. The molecule has 0 saturated carbocycles. The Morgan fingerprint density at radius 2 is 2.00 bits per heavy atom. The molecule has 1 saturated heterocycles. The Kier molecular flexibility index (Phi) is 3.65. The highest BCUT2D eigenvalue weighted by atomic mass is 16.6. The quantitative estimate of drug-likeness (QED) is 0.661. The van der Waals surface area contributed by atoms with Gasteiger partial charge in [-0.1, -0.05) is 20.4 Å². The van der Waals surface area contributed by atoms with Crippen LogP contribution in [0.3, 0.4) is 0 Å². The van der Waals surface area contributed by atoms with Crippen LogP contribution in [0, 0.1) is 5.92 Å². The van der Waals surface area contributed by atoms with E-state index in [0.29, 0.717) is 12.0 Å². The van der Waals surface area contributed by atoms with Crippen molar-refractivity contribution in [1.82, 2.24) is 4.90 Å². The standard InChI is InChI=1S/C13H21NO3/c1-8(2)10-7-9(3)11(15)14(10)12(16)17-13(4,5)6/h8,10H,3,7H2,1-2,4-6H3. The summed E-state index contributed by atoms with van der Waals surface area (Å²) in [6.07, 6.45) is -0.0321. The van der Waals surface area contributed by atoms with E-state index >= 15 is 0 Å². The molecule has 0 aromatic rings. The summed E-state index contributed by atoms with van der Waals surface area (Å²) >= 11 is 0. The lowest BCUT2D eigenvalue weighted by molar-refractivity contribution is -0.125. The van der Waals surface area contributed by atoms with Gasteiger partial charge in [0.1, 0.15) is 5.60 Å². The van der Waals surface area contributed by atoms with E-state index in [1.807, 2.05) is 13.8 Å². The normalized spacial score (nSPS) is 21.3. The fourth-order valence-corrected chi connectivity index (χ4v) is 1.82. The zero-order valence-electron chi connectivity index (χ0n) is 11.2. The van der Waals surface area contributed by atoms with Crippen LogP contribution < -0.4 is 0 Å². The third-order valence-corrected chi connectivity index (χ3v) is 2.67. The van der Waals surface area contributed by atoms with Crippen molar-refractivity contribution in [3.05, 3.63) is 12.2 Å². The van der Waals surface area contributed by atoms with Crippen LogP contribution in [0.4, 0.5) is 4.79 Å². The van der Waals surface area contributed by atoms with Crippen LogP contribution in [0.5, 0.6) is 0 Å². The van der Waals surface area contributed by atoms with E-state index in [1.54, 1.807) is 20.8 Å². The SMILES string of the molecule is C=C1CC(C(C)C)N(C(=O)OC(C)(C)C)C1=O. The summed E-state index contributed by atoms with van der Waals surface area (Å²) in [4.78, 5) is 25.1. The van der Waals surface area contributed by atoms with Crippen LogP contribution in [0.1, 0.15) is 41.0 Å². The Hall–Kier alpha value is -1.32. The number of rotatable bonds is 1. The number of nitrogens with zero attached hydrogens (tertiary/aromatic N) is 1. The van der Waals surface area contributed by atoms with Gasteiger partial charge < -0.3 is 4.74 Å². The second-order valence-electron chi connectivity index (χ2n) is 5.77. The summed E-state index contributed by atoms with van der Waals surface area (Å²) < 4.78 is 5.25. The van der Waals surface area contributed by atoms with Gasteiger partial charge in [-0.25, -0.2) is 9.69 Å². The van der Waals surface area contributed by atoms with E-state index in [9.17, 15) is 9.59 Å². The molecule has 0 aromatic heterocycles.